The molecule has 0 radical (unpaired) electrons. The van der Waals surface area contributed by atoms with E-state index >= 15 is 0 Å². The number of nitrogens with zero attached hydrogens (tertiary/aromatic N) is 3. The Bertz CT molecular complexity index is 794. The number of amides is 2. The van der Waals surface area contributed by atoms with Crippen LogP contribution in [0.5, 0.6) is 0 Å². The van der Waals surface area contributed by atoms with Crippen LogP contribution in [0, 0.1) is 10.1 Å². The highest BCUT2D eigenvalue weighted by Crippen LogP contribution is 2.52. The standard InChI is InChI=1S/C20H29N5O3/c1-4-24(5-2)20(26)22-13-9-14-17(23(3)11-13)8-12-10-21-15-6-7-16(25(27)28)19(14)18(12)15/h6-7,12-14,17,21H,4-5,8-11H2,1-3H3,(H,22,26)/t12?,13-,14-,17+/m0/s1. The number of hydrogen-bond donors (Lipinski definition) is 2. The van der Waals surface area contributed by atoms with Crippen molar-refractivity contribution in [1.82, 2.24) is 15.1 Å². The van der Waals surface area contributed by atoms with Crippen molar-refractivity contribution in [2.45, 2.75) is 50.6 Å². The average Bonchev–Trinajstić information content (AvgIpc) is 3.07. The van der Waals surface area contributed by atoms with E-state index < -0.39 is 0 Å². The van der Waals surface area contributed by atoms with Crippen molar-refractivity contribution in [2.24, 2.45) is 0 Å². The van der Waals surface area contributed by atoms with Gasteiger partial charge in [-0.15, -0.1) is 0 Å². The van der Waals surface area contributed by atoms with E-state index in [1.165, 1.54) is 0 Å². The summed E-state index contributed by atoms with van der Waals surface area (Å²) < 4.78 is 0. The molecule has 2 N–H and O–H groups in total. The molecule has 0 bridgehead atoms. The fraction of sp³-hybridized carbons (Fsp3) is 0.650. The Morgan fingerprint density at radius 2 is 2.07 bits per heavy atom. The van der Waals surface area contributed by atoms with Crippen molar-refractivity contribution in [3.05, 3.63) is 33.4 Å². The summed E-state index contributed by atoms with van der Waals surface area (Å²) in [7, 11) is 2.08. The second-order valence-electron chi connectivity index (χ2n) is 8.20. The van der Waals surface area contributed by atoms with Gasteiger partial charge in [0.05, 0.1) is 4.92 Å². The summed E-state index contributed by atoms with van der Waals surface area (Å²) in [6.45, 7) is 6.90. The molecule has 1 unspecified atom stereocenters. The van der Waals surface area contributed by atoms with E-state index in [2.05, 4.69) is 22.6 Å². The summed E-state index contributed by atoms with van der Waals surface area (Å²) >= 11 is 0. The van der Waals surface area contributed by atoms with Gasteiger partial charge in [-0.2, -0.15) is 0 Å². The van der Waals surface area contributed by atoms with Gasteiger partial charge in [-0.3, -0.25) is 10.1 Å². The van der Waals surface area contributed by atoms with Crippen LogP contribution in [0.1, 0.15) is 49.7 Å². The van der Waals surface area contributed by atoms with Gasteiger partial charge in [0, 0.05) is 67.4 Å². The highest BCUT2D eigenvalue weighted by Gasteiger charge is 2.47. The monoisotopic (exact) mass is 387 g/mol. The summed E-state index contributed by atoms with van der Waals surface area (Å²) in [6, 6.07) is 3.70. The first-order valence-corrected chi connectivity index (χ1v) is 10.2. The number of benzene rings is 1. The van der Waals surface area contributed by atoms with Gasteiger partial charge in [0.2, 0.25) is 0 Å². The van der Waals surface area contributed by atoms with Crippen LogP contribution >= 0.6 is 0 Å². The number of urea groups is 1. The molecule has 3 aliphatic rings. The first kappa shape index (κ1) is 19.0. The molecular weight excluding hydrogens is 358 g/mol. The lowest BCUT2D eigenvalue weighted by molar-refractivity contribution is -0.386. The number of anilines is 1. The summed E-state index contributed by atoms with van der Waals surface area (Å²) in [5.74, 6) is 0.391. The van der Waals surface area contributed by atoms with Crippen molar-refractivity contribution < 1.29 is 9.72 Å². The second-order valence-corrected chi connectivity index (χ2v) is 8.20. The molecule has 0 spiro atoms. The van der Waals surface area contributed by atoms with Gasteiger partial charge >= 0.3 is 6.03 Å². The lowest BCUT2D eigenvalue weighted by Gasteiger charge is -2.47. The number of fused-ring (bicyclic) bond motifs is 2. The Balaban J connectivity index is 1.66. The van der Waals surface area contributed by atoms with Crippen LogP contribution in [0.25, 0.3) is 0 Å². The van der Waals surface area contributed by atoms with Crippen LogP contribution in [-0.2, 0) is 0 Å². The molecule has 28 heavy (non-hydrogen) atoms. The third-order valence-corrected chi connectivity index (χ3v) is 6.76. The molecule has 1 aliphatic carbocycles. The van der Waals surface area contributed by atoms with Crippen LogP contribution in [-0.4, -0.2) is 66.1 Å². The molecule has 1 aromatic carbocycles. The quantitative estimate of drug-likeness (QED) is 0.612. The van der Waals surface area contributed by atoms with E-state index in [1.54, 1.807) is 11.0 Å². The highest BCUT2D eigenvalue weighted by molar-refractivity contribution is 5.74. The first-order chi connectivity index (χ1) is 13.4. The molecule has 2 amide bonds. The molecule has 4 rings (SSSR count). The number of hydrogen-bond acceptors (Lipinski definition) is 5. The van der Waals surface area contributed by atoms with Gasteiger partial charge in [0.25, 0.3) is 5.69 Å². The van der Waals surface area contributed by atoms with Crippen molar-refractivity contribution in [2.75, 3.05) is 38.5 Å². The largest absolute Gasteiger partial charge is 0.384 e. The van der Waals surface area contributed by atoms with Crippen LogP contribution < -0.4 is 10.6 Å². The topological polar surface area (TPSA) is 90.8 Å². The van der Waals surface area contributed by atoms with Crippen LogP contribution in [0.3, 0.4) is 0 Å². The number of nitro groups is 1. The molecule has 0 saturated carbocycles. The Kier molecular flexibility index (Phi) is 4.91. The van der Waals surface area contributed by atoms with Crippen LogP contribution in [0.15, 0.2) is 12.1 Å². The molecule has 1 saturated heterocycles. The lowest BCUT2D eigenvalue weighted by Crippen LogP contribution is -2.56. The number of carbonyl (C=O) groups excluding carboxylic acids is 1. The number of rotatable bonds is 4. The molecule has 4 atom stereocenters. The van der Waals surface area contributed by atoms with E-state index in [4.69, 9.17) is 0 Å². The van der Waals surface area contributed by atoms with Crippen LogP contribution in [0.4, 0.5) is 16.2 Å². The molecular formula is C20H29N5O3. The maximum atomic E-state index is 12.6. The Labute approximate surface area is 165 Å². The normalized spacial score (nSPS) is 28.1. The third-order valence-electron chi connectivity index (χ3n) is 6.76. The minimum absolute atomic E-state index is 0.0132. The zero-order valence-corrected chi connectivity index (χ0v) is 16.8. The summed E-state index contributed by atoms with van der Waals surface area (Å²) in [4.78, 5) is 28.2. The van der Waals surface area contributed by atoms with Crippen molar-refractivity contribution in [3.63, 3.8) is 0 Å². The van der Waals surface area contributed by atoms with E-state index in [0.29, 0.717) is 19.0 Å². The molecule has 1 fully saturated rings. The van der Waals surface area contributed by atoms with Gasteiger partial charge in [-0.1, -0.05) is 0 Å². The maximum Gasteiger partial charge on any atom is 0.317 e. The van der Waals surface area contributed by atoms with Crippen molar-refractivity contribution >= 4 is 17.4 Å². The first-order valence-electron chi connectivity index (χ1n) is 10.2. The van der Waals surface area contributed by atoms with Crippen LogP contribution in [0.2, 0.25) is 0 Å². The average molecular weight is 387 g/mol. The number of piperidine rings is 1. The number of likely N-dealkylation sites (N-methyl/N-ethyl adjacent to an activating group) is 1. The van der Waals surface area contributed by atoms with Gasteiger partial charge in [0.1, 0.15) is 0 Å². The molecule has 8 heteroatoms. The van der Waals surface area contributed by atoms with E-state index in [9.17, 15) is 14.9 Å². The van der Waals surface area contributed by atoms with Gasteiger partial charge in [-0.05, 0) is 45.4 Å². The summed E-state index contributed by atoms with van der Waals surface area (Å²) in [5, 5.41) is 18.4. The summed E-state index contributed by atoms with van der Waals surface area (Å²) in [5.41, 5.74) is 3.30. The zero-order valence-electron chi connectivity index (χ0n) is 16.8. The fourth-order valence-electron chi connectivity index (χ4n) is 5.46. The number of nitrogens with one attached hydrogen (secondary N) is 2. The van der Waals surface area contributed by atoms with E-state index in [1.807, 2.05) is 19.9 Å². The van der Waals surface area contributed by atoms with Crippen molar-refractivity contribution in [3.8, 4) is 0 Å². The second kappa shape index (κ2) is 7.24. The molecule has 2 heterocycles. The molecule has 8 nitrogen and oxygen atoms in total. The predicted molar refractivity (Wildman–Crippen MR) is 108 cm³/mol. The number of likely N-dealkylation sites (tertiary alicyclic amines) is 1. The fourth-order valence-corrected chi connectivity index (χ4v) is 5.46. The zero-order chi connectivity index (χ0) is 20.0. The van der Waals surface area contributed by atoms with E-state index in [-0.39, 0.29) is 34.6 Å². The number of carbonyl (C=O) groups is 1. The Morgan fingerprint density at radius 1 is 1.32 bits per heavy atom. The van der Waals surface area contributed by atoms with E-state index in [0.717, 1.165) is 42.7 Å². The smallest absolute Gasteiger partial charge is 0.317 e. The molecule has 2 aliphatic heterocycles. The van der Waals surface area contributed by atoms with Crippen molar-refractivity contribution in [1.29, 1.82) is 0 Å². The lowest BCUT2D eigenvalue weighted by atomic mass is 9.69. The SMILES string of the molecule is CCN(CC)C(=O)N[C@H]1C[C@@H]2c3c([N+](=O)[O-])ccc4c3C(CN4)C[C@H]2N(C)C1. The van der Waals surface area contributed by atoms with Gasteiger partial charge < -0.3 is 20.4 Å². The third kappa shape index (κ3) is 2.99. The van der Waals surface area contributed by atoms with Gasteiger partial charge in [-0.25, -0.2) is 4.79 Å². The Hall–Kier alpha value is -2.35. The maximum absolute atomic E-state index is 12.6. The molecule has 1 aromatic rings. The highest BCUT2D eigenvalue weighted by atomic mass is 16.6. The minimum Gasteiger partial charge on any atom is -0.384 e. The van der Waals surface area contributed by atoms with Gasteiger partial charge in [0.15, 0.2) is 0 Å². The Morgan fingerprint density at radius 3 is 2.75 bits per heavy atom. The minimum atomic E-state index is -0.245. The predicted octanol–water partition coefficient (Wildman–Crippen LogP) is 2.72. The summed E-state index contributed by atoms with van der Waals surface area (Å²) in [6.07, 6.45) is 1.75. The molecule has 152 valence electrons. The molecule has 0 aromatic heterocycles. The number of nitro benzene ring substituents is 1.